The molecule has 0 radical (unpaired) electrons. The molecule has 1 aliphatic heterocycles. The van der Waals surface area contributed by atoms with Gasteiger partial charge in [-0.1, -0.05) is 0 Å². The molecular formula is C21H25NO5. The molecule has 0 bridgehead atoms. The Bertz CT molecular complexity index is 908. The first-order valence-corrected chi connectivity index (χ1v) is 9.00. The minimum atomic E-state index is 0.0762. The minimum absolute atomic E-state index is 0.0762. The van der Waals surface area contributed by atoms with Crippen LogP contribution in [0.4, 0.5) is 0 Å². The van der Waals surface area contributed by atoms with Gasteiger partial charge in [-0.25, -0.2) is 0 Å². The lowest BCUT2D eigenvalue weighted by Crippen LogP contribution is -2.35. The molecule has 0 spiro atoms. The van der Waals surface area contributed by atoms with Crippen molar-refractivity contribution in [1.82, 2.24) is 4.90 Å². The molecule has 6 heteroatoms. The highest BCUT2D eigenvalue weighted by atomic mass is 16.5. The van der Waals surface area contributed by atoms with Gasteiger partial charge >= 0.3 is 0 Å². The second-order valence-electron chi connectivity index (χ2n) is 7.01. The number of ether oxygens (including phenoxy) is 4. The van der Waals surface area contributed by atoms with Crippen molar-refractivity contribution in [2.24, 2.45) is 0 Å². The number of likely N-dealkylation sites (N-methyl/N-ethyl adjacent to an activating group) is 1. The van der Waals surface area contributed by atoms with E-state index in [1.807, 2.05) is 6.07 Å². The summed E-state index contributed by atoms with van der Waals surface area (Å²) in [6, 6.07) is 4.24. The van der Waals surface area contributed by atoms with Crippen LogP contribution in [0.3, 0.4) is 0 Å². The summed E-state index contributed by atoms with van der Waals surface area (Å²) in [7, 11) is 8.52. The van der Waals surface area contributed by atoms with Crippen LogP contribution in [0.25, 0.3) is 11.1 Å². The van der Waals surface area contributed by atoms with Crippen molar-refractivity contribution in [3.05, 3.63) is 28.8 Å². The van der Waals surface area contributed by atoms with Crippen molar-refractivity contribution in [1.29, 1.82) is 0 Å². The van der Waals surface area contributed by atoms with E-state index >= 15 is 0 Å². The third-order valence-electron chi connectivity index (χ3n) is 5.78. The Balaban J connectivity index is 2.12. The molecule has 0 fully saturated rings. The Hall–Kier alpha value is -2.60. The summed E-state index contributed by atoms with van der Waals surface area (Å²) in [4.78, 5) is 2.36. The summed E-state index contributed by atoms with van der Waals surface area (Å²) in [6.45, 7) is 0.973. The van der Waals surface area contributed by atoms with Gasteiger partial charge in [-0.3, -0.25) is 4.90 Å². The second kappa shape index (κ2) is 6.53. The van der Waals surface area contributed by atoms with Crippen LogP contribution in [-0.2, 0) is 12.8 Å². The van der Waals surface area contributed by atoms with Gasteiger partial charge in [0.1, 0.15) is 0 Å². The summed E-state index contributed by atoms with van der Waals surface area (Å²) >= 11 is 0. The van der Waals surface area contributed by atoms with Gasteiger partial charge in [0, 0.05) is 23.7 Å². The van der Waals surface area contributed by atoms with Crippen LogP contribution in [0.15, 0.2) is 12.1 Å². The Morgan fingerprint density at radius 3 is 2.15 bits per heavy atom. The van der Waals surface area contributed by atoms with Gasteiger partial charge in [-0.2, -0.15) is 0 Å². The van der Waals surface area contributed by atoms with E-state index in [0.29, 0.717) is 23.0 Å². The van der Waals surface area contributed by atoms with Crippen molar-refractivity contribution in [3.8, 4) is 39.9 Å². The molecule has 2 aromatic carbocycles. The molecule has 4 rings (SSSR count). The van der Waals surface area contributed by atoms with Crippen molar-refractivity contribution in [2.45, 2.75) is 18.9 Å². The summed E-state index contributed by atoms with van der Waals surface area (Å²) in [6.07, 6.45) is 1.72. The highest BCUT2D eigenvalue weighted by molar-refractivity contribution is 5.89. The molecule has 6 nitrogen and oxygen atoms in total. The van der Waals surface area contributed by atoms with E-state index < -0.39 is 0 Å². The molecule has 2 aromatic rings. The van der Waals surface area contributed by atoms with Gasteiger partial charge in [-0.15, -0.1) is 0 Å². The van der Waals surface area contributed by atoms with Crippen LogP contribution in [0.5, 0.6) is 28.7 Å². The summed E-state index contributed by atoms with van der Waals surface area (Å²) in [5.74, 6) is 2.25. The van der Waals surface area contributed by atoms with Crippen molar-refractivity contribution < 1.29 is 24.1 Å². The lowest BCUT2D eigenvalue weighted by Gasteiger charge is -2.40. The number of fused-ring (bicyclic) bond motifs is 2. The average molecular weight is 371 g/mol. The van der Waals surface area contributed by atoms with Gasteiger partial charge in [0.25, 0.3) is 0 Å². The standard InChI is InChI=1S/C21H25NO5/c1-22-7-6-11-9-14(24-2)20(26-4)18-16(11)13(22)8-12-10-15(25-3)21(27-5)19(23)17(12)18/h9-10,13,23H,6-8H2,1-5H3. The zero-order valence-electron chi connectivity index (χ0n) is 16.4. The zero-order chi connectivity index (χ0) is 19.3. The van der Waals surface area contributed by atoms with E-state index in [2.05, 4.69) is 18.0 Å². The molecule has 1 atom stereocenters. The quantitative estimate of drug-likeness (QED) is 0.891. The number of nitrogens with zero attached hydrogens (tertiary/aromatic N) is 1. The number of hydrogen-bond acceptors (Lipinski definition) is 6. The van der Waals surface area contributed by atoms with E-state index in [0.717, 1.165) is 36.1 Å². The molecule has 0 saturated carbocycles. The van der Waals surface area contributed by atoms with Gasteiger partial charge in [-0.05, 0) is 48.7 Å². The fraction of sp³-hybridized carbons (Fsp3) is 0.429. The summed E-state index contributed by atoms with van der Waals surface area (Å²) in [5.41, 5.74) is 5.09. The third-order valence-corrected chi connectivity index (χ3v) is 5.78. The second-order valence-corrected chi connectivity index (χ2v) is 7.01. The smallest absolute Gasteiger partial charge is 0.203 e. The number of benzene rings is 2. The van der Waals surface area contributed by atoms with Gasteiger partial charge in [0.15, 0.2) is 23.0 Å². The van der Waals surface area contributed by atoms with Crippen molar-refractivity contribution in [3.63, 3.8) is 0 Å². The molecule has 1 unspecified atom stereocenters. The Kier molecular flexibility index (Phi) is 4.30. The van der Waals surface area contributed by atoms with Crippen molar-refractivity contribution >= 4 is 0 Å². The number of phenols is 1. The molecule has 0 aromatic heterocycles. The number of methoxy groups -OCH3 is 4. The van der Waals surface area contributed by atoms with Gasteiger partial charge < -0.3 is 24.1 Å². The predicted molar refractivity (Wildman–Crippen MR) is 103 cm³/mol. The number of aromatic hydroxyl groups is 1. The maximum Gasteiger partial charge on any atom is 0.203 e. The van der Waals surface area contributed by atoms with Crippen LogP contribution in [0.2, 0.25) is 0 Å². The number of phenolic OH excluding ortho intramolecular Hbond substituents is 1. The van der Waals surface area contributed by atoms with E-state index in [1.165, 1.54) is 18.2 Å². The summed E-state index contributed by atoms with van der Waals surface area (Å²) < 4.78 is 22.3. The van der Waals surface area contributed by atoms with Crippen LogP contribution in [-0.4, -0.2) is 52.0 Å². The molecule has 0 amide bonds. The first-order valence-electron chi connectivity index (χ1n) is 9.00. The Morgan fingerprint density at radius 1 is 0.889 bits per heavy atom. The predicted octanol–water partition coefficient (Wildman–Crippen LogP) is 3.18. The van der Waals surface area contributed by atoms with Crippen LogP contribution >= 0.6 is 0 Å². The Morgan fingerprint density at radius 2 is 1.52 bits per heavy atom. The molecular weight excluding hydrogens is 346 g/mol. The van der Waals surface area contributed by atoms with Crippen molar-refractivity contribution in [2.75, 3.05) is 42.0 Å². The fourth-order valence-corrected chi connectivity index (χ4v) is 4.50. The first-order chi connectivity index (χ1) is 13.0. The van der Waals surface area contributed by atoms with Gasteiger partial charge in [0.05, 0.1) is 28.4 Å². The first kappa shape index (κ1) is 17.8. The minimum Gasteiger partial charge on any atom is -0.504 e. The highest BCUT2D eigenvalue weighted by Crippen LogP contribution is 2.57. The van der Waals surface area contributed by atoms with E-state index in [1.54, 1.807) is 21.3 Å². The topological polar surface area (TPSA) is 60.4 Å². The fourth-order valence-electron chi connectivity index (χ4n) is 4.50. The van der Waals surface area contributed by atoms with Crippen LogP contribution < -0.4 is 18.9 Å². The highest BCUT2D eigenvalue weighted by Gasteiger charge is 2.38. The lowest BCUT2D eigenvalue weighted by molar-refractivity contribution is 0.226. The molecule has 1 heterocycles. The van der Waals surface area contributed by atoms with E-state index in [-0.39, 0.29) is 11.8 Å². The van der Waals surface area contributed by atoms with E-state index in [9.17, 15) is 5.11 Å². The van der Waals surface area contributed by atoms with E-state index in [4.69, 9.17) is 18.9 Å². The maximum absolute atomic E-state index is 11.1. The lowest BCUT2D eigenvalue weighted by atomic mass is 9.76. The average Bonchev–Trinajstić information content (AvgIpc) is 2.69. The van der Waals surface area contributed by atoms with Crippen LogP contribution in [0, 0.1) is 0 Å². The monoisotopic (exact) mass is 371 g/mol. The van der Waals surface area contributed by atoms with Crippen LogP contribution in [0.1, 0.15) is 22.7 Å². The molecule has 1 N–H and O–H groups in total. The molecule has 1 aliphatic carbocycles. The normalized spacial score (nSPS) is 17.7. The Labute approximate surface area is 159 Å². The largest absolute Gasteiger partial charge is 0.504 e. The number of rotatable bonds is 4. The SMILES string of the molecule is COc1cc2c(c(O)c1OC)-c1c(OC)c(OC)cc3c1C(C2)N(C)CC3. The van der Waals surface area contributed by atoms with Gasteiger partial charge in [0.2, 0.25) is 5.75 Å². The molecule has 144 valence electrons. The summed E-state index contributed by atoms with van der Waals surface area (Å²) in [5, 5.41) is 11.1. The zero-order valence-corrected chi connectivity index (χ0v) is 16.4. The number of hydrogen-bond donors (Lipinski definition) is 1. The molecule has 2 aliphatic rings. The molecule has 27 heavy (non-hydrogen) atoms. The third kappa shape index (κ3) is 2.43. The maximum atomic E-state index is 11.1. The molecule has 0 saturated heterocycles.